The van der Waals surface area contributed by atoms with Gasteiger partial charge in [0.1, 0.15) is 0 Å². The van der Waals surface area contributed by atoms with E-state index in [0.717, 1.165) is 12.5 Å². The quantitative estimate of drug-likeness (QED) is 0.734. The lowest BCUT2D eigenvalue weighted by atomic mass is 9.87. The van der Waals surface area contributed by atoms with Crippen molar-refractivity contribution in [3.05, 3.63) is 0 Å². The Bertz CT molecular complexity index is 139. The van der Waals surface area contributed by atoms with Gasteiger partial charge in [-0.25, -0.2) is 0 Å². The Hall–Kier alpha value is -0.0800. The first kappa shape index (κ1) is 12.0. The second-order valence-electron chi connectivity index (χ2n) is 4.86. The van der Waals surface area contributed by atoms with Crippen molar-refractivity contribution in [1.82, 2.24) is 4.90 Å². The fraction of sp³-hybridized carbons (Fsp3) is 1.00. The van der Waals surface area contributed by atoms with Gasteiger partial charge in [-0.05, 0) is 32.9 Å². The van der Waals surface area contributed by atoms with Crippen molar-refractivity contribution < 1.29 is 0 Å². The first-order valence-corrected chi connectivity index (χ1v) is 6.14. The fourth-order valence-electron chi connectivity index (χ4n) is 2.26. The summed E-state index contributed by atoms with van der Waals surface area (Å²) >= 11 is 0. The molecular weight excluding hydrogens is 172 g/mol. The summed E-state index contributed by atoms with van der Waals surface area (Å²) in [5.41, 5.74) is 5.64. The van der Waals surface area contributed by atoms with Crippen molar-refractivity contribution in [1.29, 1.82) is 0 Å². The highest BCUT2D eigenvalue weighted by Gasteiger charge is 2.15. The van der Waals surface area contributed by atoms with Gasteiger partial charge in [-0.2, -0.15) is 0 Å². The molecule has 2 N–H and O–H groups in total. The van der Waals surface area contributed by atoms with E-state index in [2.05, 4.69) is 18.9 Å². The van der Waals surface area contributed by atoms with Gasteiger partial charge in [0.05, 0.1) is 0 Å². The Morgan fingerprint density at radius 3 is 2.50 bits per heavy atom. The molecule has 0 aromatic heterocycles. The third-order valence-electron chi connectivity index (χ3n) is 3.71. The standard InChI is InChI=1S/C12H26N2/c1-11(10-13)14(2)9-8-12-6-4-3-5-7-12/h11-12H,3-10,13H2,1-2H3. The van der Waals surface area contributed by atoms with Gasteiger partial charge in [0, 0.05) is 12.6 Å². The number of hydrogen-bond donors (Lipinski definition) is 1. The fourth-order valence-corrected chi connectivity index (χ4v) is 2.26. The lowest BCUT2D eigenvalue weighted by molar-refractivity contribution is 0.224. The zero-order valence-electron chi connectivity index (χ0n) is 9.84. The minimum atomic E-state index is 0.540. The Labute approximate surface area is 88.8 Å². The van der Waals surface area contributed by atoms with Crippen LogP contribution in [-0.4, -0.2) is 31.1 Å². The van der Waals surface area contributed by atoms with Gasteiger partial charge in [0.2, 0.25) is 0 Å². The van der Waals surface area contributed by atoms with Crippen LogP contribution < -0.4 is 5.73 Å². The number of nitrogens with zero attached hydrogens (tertiary/aromatic N) is 1. The molecule has 0 bridgehead atoms. The predicted molar refractivity (Wildman–Crippen MR) is 62.3 cm³/mol. The zero-order chi connectivity index (χ0) is 10.4. The average molecular weight is 198 g/mol. The van der Waals surface area contributed by atoms with Gasteiger partial charge in [-0.3, -0.25) is 0 Å². The topological polar surface area (TPSA) is 29.3 Å². The lowest BCUT2D eigenvalue weighted by Crippen LogP contribution is -2.36. The predicted octanol–water partition coefficient (Wildman–Crippen LogP) is 2.24. The molecule has 0 amide bonds. The van der Waals surface area contributed by atoms with Crippen LogP contribution >= 0.6 is 0 Å². The first-order chi connectivity index (χ1) is 6.74. The van der Waals surface area contributed by atoms with E-state index in [4.69, 9.17) is 5.73 Å². The molecule has 84 valence electrons. The Morgan fingerprint density at radius 1 is 1.29 bits per heavy atom. The van der Waals surface area contributed by atoms with Crippen LogP contribution in [0.3, 0.4) is 0 Å². The van der Waals surface area contributed by atoms with Gasteiger partial charge in [-0.15, -0.1) is 0 Å². The maximum absolute atomic E-state index is 5.64. The van der Waals surface area contributed by atoms with Crippen molar-refractivity contribution in [2.75, 3.05) is 20.1 Å². The number of nitrogens with two attached hydrogens (primary N) is 1. The molecule has 0 spiro atoms. The van der Waals surface area contributed by atoms with E-state index in [1.807, 2.05) is 0 Å². The molecule has 2 heteroatoms. The van der Waals surface area contributed by atoms with Gasteiger partial charge in [0.25, 0.3) is 0 Å². The average Bonchev–Trinajstić information content (AvgIpc) is 2.26. The molecule has 1 aliphatic carbocycles. The van der Waals surface area contributed by atoms with Gasteiger partial charge in [-0.1, -0.05) is 32.1 Å². The molecule has 1 aliphatic rings. The second kappa shape index (κ2) is 6.41. The molecule has 1 atom stereocenters. The molecule has 0 radical (unpaired) electrons. The molecule has 0 heterocycles. The Morgan fingerprint density at radius 2 is 1.93 bits per heavy atom. The highest BCUT2D eigenvalue weighted by atomic mass is 15.1. The molecule has 0 aromatic carbocycles. The van der Waals surface area contributed by atoms with E-state index in [0.29, 0.717) is 6.04 Å². The molecule has 1 saturated carbocycles. The highest BCUT2D eigenvalue weighted by Crippen LogP contribution is 2.26. The molecule has 0 aliphatic heterocycles. The highest BCUT2D eigenvalue weighted by molar-refractivity contribution is 4.69. The van der Waals surface area contributed by atoms with Gasteiger partial charge in [0.15, 0.2) is 0 Å². The summed E-state index contributed by atoms with van der Waals surface area (Å²) in [5, 5.41) is 0. The molecule has 14 heavy (non-hydrogen) atoms. The minimum absolute atomic E-state index is 0.540. The van der Waals surface area contributed by atoms with E-state index in [9.17, 15) is 0 Å². The van der Waals surface area contributed by atoms with Gasteiger partial charge < -0.3 is 10.6 Å². The molecule has 0 aromatic rings. The van der Waals surface area contributed by atoms with E-state index in [1.54, 1.807) is 0 Å². The molecule has 1 rings (SSSR count). The smallest absolute Gasteiger partial charge is 0.0187 e. The van der Waals surface area contributed by atoms with Gasteiger partial charge >= 0.3 is 0 Å². The third kappa shape index (κ3) is 3.97. The summed E-state index contributed by atoms with van der Waals surface area (Å²) in [6.07, 6.45) is 8.68. The molecule has 0 saturated heterocycles. The zero-order valence-corrected chi connectivity index (χ0v) is 9.84. The summed E-state index contributed by atoms with van der Waals surface area (Å²) in [6.45, 7) is 4.21. The first-order valence-electron chi connectivity index (χ1n) is 6.14. The summed E-state index contributed by atoms with van der Waals surface area (Å²) in [4.78, 5) is 2.40. The van der Waals surface area contributed by atoms with Crippen LogP contribution in [0, 0.1) is 5.92 Å². The van der Waals surface area contributed by atoms with Crippen LogP contribution in [-0.2, 0) is 0 Å². The van der Waals surface area contributed by atoms with Crippen LogP contribution in [0.1, 0.15) is 45.4 Å². The summed E-state index contributed by atoms with van der Waals surface area (Å²) in [6, 6.07) is 0.540. The second-order valence-corrected chi connectivity index (χ2v) is 4.86. The van der Waals surface area contributed by atoms with Crippen molar-refractivity contribution in [2.45, 2.75) is 51.5 Å². The molecular formula is C12H26N2. The van der Waals surface area contributed by atoms with Crippen LogP contribution in [0.4, 0.5) is 0 Å². The minimum Gasteiger partial charge on any atom is -0.329 e. The van der Waals surface area contributed by atoms with Crippen molar-refractivity contribution in [3.63, 3.8) is 0 Å². The SMILES string of the molecule is CC(CN)N(C)CCC1CCCCC1. The van der Waals surface area contributed by atoms with Crippen molar-refractivity contribution >= 4 is 0 Å². The number of rotatable bonds is 5. The van der Waals surface area contributed by atoms with E-state index in [-0.39, 0.29) is 0 Å². The normalized spacial score (nSPS) is 21.4. The molecule has 2 nitrogen and oxygen atoms in total. The van der Waals surface area contributed by atoms with Crippen LogP contribution in [0.2, 0.25) is 0 Å². The maximum Gasteiger partial charge on any atom is 0.0187 e. The Kier molecular flexibility index (Phi) is 5.49. The van der Waals surface area contributed by atoms with Crippen molar-refractivity contribution in [2.24, 2.45) is 11.7 Å². The number of likely N-dealkylation sites (N-methyl/N-ethyl adjacent to an activating group) is 1. The van der Waals surface area contributed by atoms with Crippen LogP contribution in [0.25, 0.3) is 0 Å². The summed E-state index contributed by atoms with van der Waals surface area (Å²) < 4.78 is 0. The summed E-state index contributed by atoms with van der Waals surface area (Å²) in [5.74, 6) is 0.996. The van der Waals surface area contributed by atoms with Crippen LogP contribution in [0.5, 0.6) is 0 Å². The van der Waals surface area contributed by atoms with Crippen molar-refractivity contribution in [3.8, 4) is 0 Å². The lowest BCUT2D eigenvalue weighted by Gasteiger charge is -2.27. The summed E-state index contributed by atoms with van der Waals surface area (Å²) in [7, 11) is 2.19. The van der Waals surface area contributed by atoms with E-state index in [1.165, 1.54) is 45.1 Å². The Balaban J connectivity index is 2.12. The van der Waals surface area contributed by atoms with E-state index < -0.39 is 0 Å². The van der Waals surface area contributed by atoms with E-state index >= 15 is 0 Å². The number of hydrogen-bond acceptors (Lipinski definition) is 2. The van der Waals surface area contributed by atoms with Crippen LogP contribution in [0.15, 0.2) is 0 Å². The largest absolute Gasteiger partial charge is 0.329 e. The molecule has 1 unspecified atom stereocenters. The molecule has 1 fully saturated rings. The monoisotopic (exact) mass is 198 g/mol. The maximum atomic E-state index is 5.64. The third-order valence-corrected chi connectivity index (χ3v) is 3.71.